The van der Waals surface area contributed by atoms with Crippen LogP contribution in [0, 0.1) is 5.92 Å². The van der Waals surface area contributed by atoms with E-state index in [9.17, 15) is 34.5 Å². The molecule has 0 bridgehead atoms. The largest absolute Gasteiger partial charge is 0.480 e. The van der Waals surface area contributed by atoms with Gasteiger partial charge in [0.15, 0.2) is 6.04 Å². The highest BCUT2D eigenvalue weighted by Crippen LogP contribution is 2.19. The third-order valence-electron chi connectivity index (χ3n) is 6.35. The Bertz CT molecular complexity index is 1100. The second-order valence-corrected chi connectivity index (χ2v) is 9.33. The molecule has 0 saturated heterocycles. The molecular weight excluding hydrogens is 482 g/mol. The van der Waals surface area contributed by atoms with Crippen LogP contribution in [0.25, 0.3) is 10.9 Å². The Kier molecular flexibility index (Phi) is 10.6. The quantitative estimate of drug-likeness (QED) is 0.171. The van der Waals surface area contributed by atoms with Crippen LogP contribution in [0.5, 0.6) is 0 Å². The van der Waals surface area contributed by atoms with Crippen molar-refractivity contribution in [2.24, 2.45) is 11.7 Å². The van der Waals surface area contributed by atoms with Crippen molar-refractivity contribution in [3.05, 3.63) is 36.0 Å². The van der Waals surface area contributed by atoms with Crippen molar-refractivity contribution >= 4 is 34.6 Å². The number of para-hydroxylation sites is 1. The number of H-pyrrole nitrogens is 1. The third-order valence-corrected chi connectivity index (χ3v) is 6.35. The molecule has 0 aliphatic heterocycles. The predicted molar refractivity (Wildman–Crippen MR) is 136 cm³/mol. The smallest absolute Gasteiger partial charge is 0.328 e. The van der Waals surface area contributed by atoms with Gasteiger partial charge in [-0.3, -0.25) is 14.4 Å². The lowest BCUT2D eigenvalue weighted by atomic mass is 9.96. The Labute approximate surface area is 215 Å². The van der Waals surface area contributed by atoms with E-state index in [-0.39, 0.29) is 12.3 Å². The topological polar surface area (TPSA) is 207 Å². The number of fused-ring (bicyclic) bond motifs is 1. The van der Waals surface area contributed by atoms with Gasteiger partial charge >= 0.3 is 5.97 Å². The molecule has 12 heteroatoms. The van der Waals surface area contributed by atoms with Crippen LogP contribution in [-0.4, -0.2) is 80.4 Å². The van der Waals surface area contributed by atoms with Gasteiger partial charge in [-0.05, 0) is 37.8 Å². The van der Waals surface area contributed by atoms with Crippen LogP contribution in [-0.2, 0) is 25.6 Å². The summed E-state index contributed by atoms with van der Waals surface area (Å²) in [5.41, 5.74) is 7.91. The van der Waals surface area contributed by atoms with Crippen molar-refractivity contribution in [3.8, 4) is 0 Å². The zero-order chi connectivity index (χ0) is 27.9. The van der Waals surface area contributed by atoms with E-state index in [1.807, 2.05) is 31.2 Å². The zero-order valence-electron chi connectivity index (χ0n) is 21.4. The summed E-state index contributed by atoms with van der Waals surface area (Å²) in [6.07, 6.45) is -0.313. The van der Waals surface area contributed by atoms with Crippen LogP contribution in [0.3, 0.4) is 0 Å². The fourth-order valence-corrected chi connectivity index (χ4v) is 3.87. The number of hydrogen-bond acceptors (Lipinski definition) is 7. The molecule has 0 saturated carbocycles. The van der Waals surface area contributed by atoms with Gasteiger partial charge in [-0.15, -0.1) is 0 Å². The maximum Gasteiger partial charge on any atom is 0.328 e. The van der Waals surface area contributed by atoms with Crippen molar-refractivity contribution < 1.29 is 34.5 Å². The highest BCUT2D eigenvalue weighted by atomic mass is 16.4. The first-order chi connectivity index (χ1) is 17.4. The summed E-state index contributed by atoms with van der Waals surface area (Å²) in [4.78, 5) is 53.2. The lowest BCUT2D eigenvalue weighted by Crippen LogP contribution is -2.61. The molecule has 37 heavy (non-hydrogen) atoms. The molecule has 3 amide bonds. The Morgan fingerprint density at radius 2 is 1.43 bits per heavy atom. The number of nitrogens with two attached hydrogens (primary N) is 1. The molecule has 7 unspecified atom stereocenters. The Morgan fingerprint density at radius 3 is 2.00 bits per heavy atom. The fourth-order valence-electron chi connectivity index (χ4n) is 3.87. The lowest BCUT2D eigenvalue weighted by molar-refractivity contribution is -0.146. The minimum atomic E-state index is -1.64. The maximum atomic E-state index is 13.1. The van der Waals surface area contributed by atoms with E-state index in [0.29, 0.717) is 6.42 Å². The molecule has 12 nitrogen and oxygen atoms in total. The maximum absolute atomic E-state index is 13.1. The van der Waals surface area contributed by atoms with Gasteiger partial charge in [0.1, 0.15) is 12.1 Å². The molecule has 0 aliphatic carbocycles. The Balaban J connectivity index is 2.13. The summed E-state index contributed by atoms with van der Waals surface area (Å²) < 4.78 is 0. The minimum absolute atomic E-state index is 0.222. The van der Waals surface area contributed by atoms with Crippen LogP contribution >= 0.6 is 0 Å². The lowest BCUT2D eigenvalue weighted by Gasteiger charge is -2.29. The molecule has 1 aromatic heterocycles. The number of carboxylic acid groups (broad SMARTS) is 1. The third kappa shape index (κ3) is 7.75. The molecule has 0 fully saturated rings. The van der Waals surface area contributed by atoms with Crippen LogP contribution in [0.4, 0.5) is 0 Å². The van der Waals surface area contributed by atoms with E-state index in [1.165, 1.54) is 13.8 Å². The van der Waals surface area contributed by atoms with Crippen LogP contribution in [0.1, 0.15) is 39.7 Å². The number of rotatable bonds is 13. The molecule has 2 aromatic rings. The van der Waals surface area contributed by atoms with E-state index in [2.05, 4.69) is 20.9 Å². The average molecular weight is 520 g/mol. The number of carbonyl (C=O) groups is 4. The van der Waals surface area contributed by atoms with E-state index in [4.69, 9.17) is 5.73 Å². The van der Waals surface area contributed by atoms with Crippen molar-refractivity contribution in [1.29, 1.82) is 0 Å². The Hall–Kier alpha value is -3.48. The van der Waals surface area contributed by atoms with Gasteiger partial charge in [0.2, 0.25) is 17.7 Å². The van der Waals surface area contributed by atoms with Crippen molar-refractivity contribution in [2.45, 2.75) is 76.9 Å². The first-order valence-corrected chi connectivity index (χ1v) is 12.2. The second kappa shape index (κ2) is 13.2. The molecule has 2 rings (SSSR count). The zero-order valence-corrected chi connectivity index (χ0v) is 21.4. The van der Waals surface area contributed by atoms with E-state index in [0.717, 1.165) is 16.5 Å². The van der Waals surface area contributed by atoms with Gasteiger partial charge < -0.3 is 42.0 Å². The first-order valence-electron chi connectivity index (χ1n) is 12.2. The molecule has 7 atom stereocenters. The summed E-state index contributed by atoms with van der Waals surface area (Å²) in [7, 11) is 0. The van der Waals surface area contributed by atoms with Crippen LogP contribution < -0.4 is 21.7 Å². The molecule has 204 valence electrons. The predicted octanol–water partition coefficient (Wildman–Crippen LogP) is -0.616. The molecule has 0 radical (unpaired) electrons. The number of aliphatic carboxylic acids is 1. The molecule has 1 aromatic carbocycles. The number of aliphatic hydroxyl groups is 2. The van der Waals surface area contributed by atoms with Gasteiger partial charge in [0, 0.05) is 17.1 Å². The van der Waals surface area contributed by atoms with Crippen molar-refractivity contribution in [3.63, 3.8) is 0 Å². The summed E-state index contributed by atoms with van der Waals surface area (Å²) in [6, 6.07) is 2.37. The number of benzene rings is 1. The van der Waals surface area contributed by atoms with Gasteiger partial charge in [-0.1, -0.05) is 38.5 Å². The fraction of sp³-hybridized carbons (Fsp3) is 0.520. The van der Waals surface area contributed by atoms with Gasteiger partial charge in [0.05, 0.1) is 18.2 Å². The summed E-state index contributed by atoms with van der Waals surface area (Å²) in [5.74, 6) is -4.14. The van der Waals surface area contributed by atoms with Gasteiger partial charge in [-0.2, -0.15) is 0 Å². The summed E-state index contributed by atoms with van der Waals surface area (Å²) in [5, 5.41) is 37.0. The molecule has 0 aliphatic rings. The number of aromatic nitrogens is 1. The van der Waals surface area contributed by atoms with Gasteiger partial charge in [0.25, 0.3) is 0 Å². The van der Waals surface area contributed by atoms with E-state index >= 15 is 0 Å². The number of aliphatic hydroxyl groups excluding tert-OH is 2. The highest BCUT2D eigenvalue weighted by Gasteiger charge is 2.35. The summed E-state index contributed by atoms with van der Waals surface area (Å²) in [6.45, 7) is 5.99. The number of aromatic amines is 1. The van der Waals surface area contributed by atoms with E-state index < -0.39 is 60.1 Å². The molecule has 0 spiro atoms. The average Bonchev–Trinajstić information content (AvgIpc) is 3.25. The van der Waals surface area contributed by atoms with Crippen LogP contribution in [0.2, 0.25) is 0 Å². The molecule has 9 N–H and O–H groups in total. The van der Waals surface area contributed by atoms with Crippen molar-refractivity contribution in [1.82, 2.24) is 20.9 Å². The minimum Gasteiger partial charge on any atom is -0.480 e. The standard InChI is InChI=1S/C25H37N5O7/c1-5-12(2)19(23(34)29-20(13(3)31)24(35)30-21(14(4)32)25(36)37)28-22(33)17(26)10-15-11-27-18-9-7-6-8-16(15)18/h6-9,11-14,17,19-21,27,31-32H,5,10,26H2,1-4H3,(H,28,33)(H,29,34)(H,30,35)(H,36,37). The number of hydrogen-bond donors (Lipinski definition) is 8. The Morgan fingerprint density at radius 1 is 0.892 bits per heavy atom. The monoisotopic (exact) mass is 519 g/mol. The first kappa shape index (κ1) is 29.7. The van der Waals surface area contributed by atoms with E-state index in [1.54, 1.807) is 13.1 Å². The number of carboxylic acids is 1. The van der Waals surface area contributed by atoms with Crippen molar-refractivity contribution in [2.75, 3.05) is 0 Å². The van der Waals surface area contributed by atoms with Gasteiger partial charge in [-0.25, -0.2) is 4.79 Å². The SMILES string of the molecule is CCC(C)C(NC(=O)C(N)Cc1c[nH]c2ccccc12)C(=O)NC(C(=O)NC(C(=O)O)C(C)O)C(C)O. The number of nitrogens with one attached hydrogen (secondary N) is 4. The number of carbonyl (C=O) groups excluding carboxylic acids is 3. The number of amides is 3. The molecular formula is C25H37N5O7. The molecule has 1 heterocycles. The second-order valence-electron chi connectivity index (χ2n) is 9.33. The summed E-state index contributed by atoms with van der Waals surface area (Å²) >= 11 is 0. The van der Waals surface area contributed by atoms with Crippen LogP contribution in [0.15, 0.2) is 30.5 Å². The normalized spacial score (nSPS) is 17.1. The highest BCUT2D eigenvalue weighted by molar-refractivity contribution is 5.95.